The maximum atomic E-state index is 14.5. The molecule has 1 fully saturated rings. The molecule has 0 aliphatic heterocycles. The Hall–Kier alpha value is -3.59. The van der Waals surface area contributed by atoms with Gasteiger partial charge in [0.25, 0.3) is 0 Å². The van der Waals surface area contributed by atoms with Crippen LogP contribution in [0.15, 0.2) is 55.1 Å². The number of benzene rings is 1. The number of amides is 2. The standard InChI is InChI=1S/C23H25FN6O2/c24-19-7-6-18(30(23(25)32)20-4-1-2-5-21(20)31)11-15(19)13-29-17-10-16(12-26-14-17)22-27-8-3-9-28-22/h3,6-12,14,20-21,29,31H,1-2,4-5,13H2,(H2,25,32)/t20-,21+/m1/s1. The first-order chi connectivity index (χ1) is 15.5. The first kappa shape index (κ1) is 21.6. The Labute approximate surface area is 185 Å². The molecule has 1 aliphatic carbocycles. The van der Waals surface area contributed by atoms with Crippen LogP contribution in [0.25, 0.3) is 11.4 Å². The zero-order valence-electron chi connectivity index (χ0n) is 17.5. The third-order valence-electron chi connectivity index (χ3n) is 5.62. The Morgan fingerprint density at radius 2 is 1.97 bits per heavy atom. The van der Waals surface area contributed by atoms with E-state index in [1.54, 1.807) is 36.9 Å². The maximum absolute atomic E-state index is 14.5. The number of carbonyl (C=O) groups excluding carboxylic acids is 1. The molecule has 0 unspecified atom stereocenters. The van der Waals surface area contributed by atoms with E-state index in [4.69, 9.17) is 5.73 Å². The number of aliphatic hydroxyl groups excluding tert-OH is 1. The molecular formula is C23H25FN6O2. The van der Waals surface area contributed by atoms with E-state index in [9.17, 15) is 14.3 Å². The molecule has 2 amide bonds. The van der Waals surface area contributed by atoms with E-state index in [-0.39, 0.29) is 6.54 Å². The Balaban J connectivity index is 1.54. The number of nitrogens with one attached hydrogen (secondary N) is 1. The summed E-state index contributed by atoms with van der Waals surface area (Å²) >= 11 is 0. The molecule has 1 saturated carbocycles. The summed E-state index contributed by atoms with van der Waals surface area (Å²) in [6.07, 6.45) is 8.99. The number of aromatic nitrogens is 3. The Bertz CT molecular complexity index is 1080. The molecule has 166 valence electrons. The minimum Gasteiger partial charge on any atom is -0.391 e. The van der Waals surface area contributed by atoms with Crippen LogP contribution in [-0.4, -0.2) is 38.2 Å². The lowest BCUT2D eigenvalue weighted by Crippen LogP contribution is -2.51. The van der Waals surface area contributed by atoms with Crippen molar-refractivity contribution < 1.29 is 14.3 Å². The van der Waals surface area contributed by atoms with Crippen LogP contribution >= 0.6 is 0 Å². The van der Waals surface area contributed by atoms with E-state index in [2.05, 4.69) is 20.3 Å². The molecule has 32 heavy (non-hydrogen) atoms. The van der Waals surface area contributed by atoms with Gasteiger partial charge in [-0.1, -0.05) is 12.8 Å². The second-order valence-electron chi connectivity index (χ2n) is 7.79. The van der Waals surface area contributed by atoms with Gasteiger partial charge in [-0.15, -0.1) is 0 Å². The van der Waals surface area contributed by atoms with Crippen LogP contribution in [0.4, 0.5) is 20.6 Å². The molecule has 2 heterocycles. The van der Waals surface area contributed by atoms with Gasteiger partial charge in [0.1, 0.15) is 5.82 Å². The molecule has 1 aromatic carbocycles. The van der Waals surface area contributed by atoms with Crippen LogP contribution < -0.4 is 16.0 Å². The summed E-state index contributed by atoms with van der Waals surface area (Å²) in [5.41, 5.74) is 7.87. The third-order valence-corrected chi connectivity index (χ3v) is 5.62. The van der Waals surface area contributed by atoms with E-state index in [1.165, 1.54) is 17.0 Å². The van der Waals surface area contributed by atoms with Crippen molar-refractivity contribution in [2.24, 2.45) is 5.73 Å². The van der Waals surface area contributed by atoms with Gasteiger partial charge in [0.2, 0.25) is 0 Å². The van der Waals surface area contributed by atoms with E-state index >= 15 is 0 Å². The predicted molar refractivity (Wildman–Crippen MR) is 119 cm³/mol. The lowest BCUT2D eigenvalue weighted by molar-refractivity contribution is 0.106. The highest BCUT2D eigenvalue weighted by atomic mass is 19.1. The van der Waals surface area contributed by atoms with E-state index < -0.39 is 24.0 Å². The molecule has 0 saturated heterocycles. The number of nitrogens with zero attached hydrogens (tertiary/aromatic N) is 4. The van der Waals surface area contributed by atoms with Crippen LogP contribution in [0.3, 0.4) is 0 Å². The minimum atomic E-state index is -0.666. The average molecular weight is 436 g/mol. The zero-order chi connectivity index (χ0) is 22.5. The van der Waals surface area contributed by atoms with Gasteiger partial charge in [0, 0.05) is 48.1 Å². The lowest BCUT2D eigenvalue weighted by Gasteiger charge is -2.36. The topological polar surface area (TPSA) is 117 Å². The SMILES string of the molecule is NC(=O)N(c1ccc(F)c(CNc2cncc(-c3ncccn3)c2)c1)[C@@H]1CCCC[C@@H]1O. The molecule has 1 aliphatic rings. The maximum Gasteiger partial charge on any atom is 0.319 e. The van der Waals surface area contributed by atoms with Crippen molar-refractivity contribution >= 4 is 17.4 Å². The Morgan fingerprint density at radius 1 is 1.19 bits per heavy atom. The minimum absolute atomic E-state index is 0.167. The van der Waals surface area contributed by atoms with Gasteiger partial charge in [-0.25, -0.2) is 19.2 Å². The lowest BCUT2D eigenvalue weighted by atomic mass is 9.91. The normalized spacial score (nSPS) is 18.2. The molecule has 9 heteroatoms. The number of hydrogen-bond donors (Lipinski definition) is 3. The largest absolute Gasteiger partial charge is 0.391 e. The molecule has 8 nitrogen and oxygen atoms in total. The third kappa shape index (κ3) is 4.83. The highest BCUT2D eigenvalue weighted by molar-refractivity contribution is 5.91. The van der Waals surface area contributed by atoms with Gasteiger partial charge in [0.05, 0.1) is 17.8 Å². The quantitative estimate of drug-likeness (QED) is 0.545. The van der Waals surface area contributed by atoms with Crippen LogP contribution in [0.1, 0.15) is 31.2 Å². The number of aliphatic hydroxyl groups is 1. The molecule has 0 spiro atoms. The van der Waals surface area contributed by atoms with Crippen LogP contribution in [0.2, 0.25) is 0 Å². The number of hydrogen-bond acceptors (Lipinski definition) is 6. The number of halogens is 1. The van der Waals surface area contributed by atoms with Crippen molar-refractivity contribution in [3.63, 3.8) is 0 Å². The second kappa shape index (κ2) is 9.69. The van der Waals surface area contributed by atoms with Crippen LogP contribution in [0.5, 0.6) is 0 Å². The average Bonchev–Trinajstić information content (AvgIpc) is 2.81. The monoisotopic (exact) mass is 436 g/mol. The van der Waals surface area contributed by atoms with E-state index in [0.717, 1.165) is 18.4 Å². The molecule has 4 rings (SSSR count). The van der Waals surface area contributed by atoms with Crippen molar-refractivity contribution in [1.82, 2.24) is 15.0 Å². The second-order valence-corrected chi connectivity index (χ2v) is 7.79. The highest BCUT2D eigenvalue weighted by Gasteiger charge is 2.32. The van der Waals surface area contributed by atoms with Crippen molar-refractivity contribution in [2.45, 2.75) is 44.4 Å². The van der Waals surface area contributed by atoms with Crippen LogP contribution in [0, 0.1) is 5.82 Å². The molecule has 2 aromatic heterocycles. The molecule has 3 aromatic rings. The fraction of sp³-hybridized carbons (Fsp3) is 0.304. The summed E-state index contributed by atoms with van der Waals surface area (Å²) in [5.74, 6) is 0.130. The molecule has 0 radical (unpaired) electrons. The van der Waals surface area contributed by atoms with Gasteiger partial charge in [0.15, 0.2) is 5.82 Å². The number of rotatable bonds is 6. The number of primary amides is 1. The summed E-state index contributed by atoms with van der Waals surface area (Å²) in [4.78, 5) is 26.2. The van der Waals surface area contributed by atoms with E-state index in [0.29, 0.717) is 35.6 Å². The summed E-state index contributed by atoms with van der Waals surface area (Å²) in [7, 11) is 0. The van der Waals surface area contributed by atoms with Gasteiger partial charge < -0.3 is 16.2 Å². The fourth-order valence-corrected chi connectivity index (χ4v) is 4.03. The van der Waals surface area contributed by atoms with Crippen molar-refractivity contribution in [1.29, 1.82) is 0 Å². The molecule has 2 atom stereocenters. The van der Waals surface area contributed by atoms with Crippen LogP contribution in [-0.2, 0) is 6.54 Å². The van der Waals surface area contributed by atoms with Gasteiger partial charge in [-0.3, -0.25) is 9.88 Å². The smallest absolute Gasteiger partial charge is 0.319 e. The number of anilines is 2. The summed E-state index contributed by atoms with van der Waals surface area (Å²) in [6.45, 7) is 0.167. The summed E-state index contributed by atoms with van der Waals surface area (Å²) in [6, 6.07) is 6.89. The van der Waals surface area contributed by atoms with Gasteiger partial charge >= 0.3 is 6.03 Å². The molecule has 0 bridgehead atoms. The Morgan fingerprint density at radius 3 is 2.72 bits per heavy atom. The number of pyridine rings is 1. The Kier molecular flexibility index (Phi) is 6.55. The van der Waals surface area contributed by atoms with Crippen molar-refractivity contribution in [3.8, 4) is 11.4 Å². The first-order valence-electron chi connectivity index (χ1n) is 10.5. The van der Waals surface area contributed by atoms with Crippen molar-refractivity contribution in [2.75, 3.05) is 10.2 Å². The first-order valence-corrected chi connectivity index (χ1v) is 10.5. The summed E-state index contributed by atoms with van der Waals surface area (Å²) < 4.78 is 14.5. The molecular weight excluding hydrogens is 411 g/mol. The molecule has 4 N–H and O–H groups in total. The van der Waals surface area contributed by atoms with Crippen molar-refractivity contribution in [3.05, 3.63) is 66.5 Å². The summed E-state index contributed by atoms with van der Waals surface area (Å²) in [5, 5.41) is 13.5. The fourth-order valence-electron chi connectivity index (χ4n) is 4.03. The van der Waals surface area contributed by atoms with E-state index in [1.807, 2.05) is 6.07 Å². The number of carbonyl (C=O) groups is 1. The van der Waals surface area contributed by atoms with Gasteiger partial charge in [-0.2, -0.15) is 0 Å². The zero-order valence-corrected chi connectivity index (χ0v) is 17.5. The van der Waals surface area contributed by atoms with Gasteiger partial charge in [-0.05, 0) is 43.2 Å². The highest BCUT2D eigenvalue weighted by Crippen LogP contribution is 2.29. The number of nitrogens with two attached hydrogens (primary N) is 1. The predicted octanol–water partition coefficient (Wildman–Crippen LogP) is 3.48. The number of urea groups is 1.